The van der Waals surface area contributed by atoms with Crippen LogP contribution in [0, 0.1) is 0 Å². The fourth-order valence-corrected chi connectivity index (χ4v) is 2.69. The van der Waals surface area contributed by atoms with Crippen molar-refractivity contribution in [2.24, 2.45) is 0 Å². The van der Waals surface area contributed by atoms with Crippen LogP contribution in [0.3, 0.4) is 0 Å². The molecule has 2 heterocycles. The predicted molar refractivity (Wildman–Crippen MR) is 52.9 cm³/mol. The van der Waals surface area contributed by atoms with Gasteiger partial charge in [0.1, 0.15) is 0 Å². The average molecular weight is 213 g/mol. The van der Waals surface area contributed by atoms with Gasteiger partial charge in [-0.15, -0.1) is 0 Å². The van der Waals surface area contributed by atoms with Gasteiger partial charge in [-0.3, -0.25) is 14.9 Å². The summed E-state index contributed by atoms with van der Waals surface area (Å²) in [6, 6.07) is 1.97. The van der Waals surface area contributed by atoms with E-state index in [9.17, 15) is 9.59 Å². The van der Waals surface area contributed by atoms with E-state index in [1.54, 1.807) is 11.3 Å². The molecular weight excluding hydrogens is 206 g/mol. The van der Waals surface area contributed by atoms with Gasteiger partial charge in [-0.1, -0.05) is 11.8 Å². The molecule has 0 spiro atoms. The number of nitrogens with one attached hydrogen (secondary N) is 1. The van der Waals surface area contributed by atoms with Crippen molar-refractivity contribution in [2.45, 2.75) is 11.7 Å². The Morgan fingerprint density at radius 1 is 1.46 bits per heavy atom. The third-order valence-corrected chi connectivity index (χ3v) is 3.48. The maximum atomic E-state index is 11.2. The zero-order valence-electron chi connectivity index (χ0n) is 6.65. The molecule has 5 heteroatoms. The first-order valence-electron chi connectivity index (χ1n) is 3.78. The van der Waals surface area contributed by atoms with E-state index in [0.29, 0.717) is 6.42 Å². The minimum absolute atomic E-state index is 0.166. The van der Waals surface area contributed by atoms with Gasteiger partial charge in [-0.05, 0) is 28.8 Å². The van der Waals surface area contributed by atoms with E-state index in [2.05, 4.69) is 5.32 Å². The molecule has 0 saturated carbocycles. The maximum absolute atomic E-state index is 11.2. The third-order valence-electron chi connectivity index (χ3n) is 1.77. The number of carbonyl (C=O) groups excluding carboxylic acids is 2. The van der Waals surface area contributed by atoms with Crippen molar-refractivity contribution in [3.05, 3.63) is 22.4 Å². The summed E-state index contributed by atoms with van der Waals surface area (Å²) in [5.74, 6) is -0.166. The lowest BCUT2D eigenvalue weighted by atomic mass is 10.2. The quantitative estimate of drug-likeness (QED) is 0.812. The van der Waals surface area contributed by atoms with Crippen molar-refractivity contribution >= 4 is 34.2 Å². The average Bonchev–Trinajstić information content (AvgIpc) is 2.63. The van der Waals surface area contributed by atoms with Crippen LogP contribution in [0.1, 0.15) is 5.56 Å². The van der Waals surface area contributed by atoms with Gasteiger partial charge >= 0.3 is 0 Å². The first kappa shape index (κ1) is 8.77. The Morgan fingerprint density at radius 2 is 2.31 bits per heavy atom. The van der Waals surface area contributed by atoms with Gasteiger partial charge in [-0.25, -0.2) is 0 Å². The van der Waals surface area contributed by atoms with Crippen molar-refractivity contribution in [3.8, 4) is 0 Å². The SMILES string of the molecule is O=C1NC(=O)C(Cc2ccsc2)S1. The van der Waals surface area contributed by atoms with Crippen LogP contribution >= 0.6 is 23.1 Å². The molecule has 1 aliphatic heterocycles. The number of rotatable bonds is 2. The van der Waals surface area contributed by atoms with Gasteiger partial charge in [0.25, 0.3) is 5.24 Å². The highest BCUT2D eigenvalue weighted by Crippen LogP contribution is 2.23. The van der Waals surface area contributed by atoms with Crippen molar-refractivity contribution in [1.82, 2.24) is 5.32 Å². The zero-order chi connectivity index (χ0) is 9.26. The number of imide groups is 1. The minimum atomic E-state index is -0.234. The topological polar surface area (TPSA) is 46.2 Å². The number of amides is 2. The molecule has 68 valence electrons. The molecule has 2 rings (SSSR count). The van der Waals surface area contributed by atoms with Crippen molar-refractivity contribution in [3.63, 3.8) is 0 Å². The lowest BCUT2D eigenvalue weighted by Gasteiger charge is -2.01. The van der Waals surface area contributed by atoms with E-state index in [4.69, 9.17) is 0 Å². The number of thiophene rings is 1. The molecule has 1 atom stereocenters. The molecule has 1 aliphatic rings. The van der Waals surface area contributed by atoms with Gasteiger partial charge in [-0.2, -0.15) is 11.3 Å². The van der Waals surface area contributed by atoms with E-state index in [-0.39, 0.29) is 16.4 Å². The van der Waals surface area contributed by atoms with Crippen molar-refractivity contribution in [1.29, 1.82) is 0 Å². The normalized spacial score (nSPS) is 22.0. The molecule has 13 heavy (non-hydrogen) atoms. The monoisotopic (exact) mass is 213 g/mol. The first-order chi connectivity index (χ1) is 6.25. The lowest BCUT2D eigenvalue weighted by molar-refractivity contribution is -0.118. The second kappa shape index (κ2) is 3.51. The summed E-state index contributed by atoms with van der Waals surface area (Å²) >= 11 is 2.68. The smallest absolute Gasteiger partial charge is 0.286 e. The van der Waals surface area contributed by atoms with Gasteiger partial charge in [0.15, 0.2) is 0 Å². The summed E-state index contributed by atoms with van der Waals surface area (Å²) in [7, 11) is 0. The van der Waals surface area contributed by atoms with E-state index in [1.165, 1.54) is 0 Å². The summed E-state index contributed by atoms with van der Waals surface area (Å²) in [4.78, 5) is 22.0. The summed E-state index contributed by atoms with van der Waals surface area (Å²) < 4.78 is 0. The molecular formula is C8H7NO2S2. The van der Waals surface area contributed by atoms with E-state index in [0.717, 1.165) is 17.3 Å². The van der Waals surface area contributed by atoms with Gasteiger partial charge < -0.3 is 0 Å². The van der Waals surface area contributed by atoms with Crippen LogP contribution in [0.25, 0.3) is 0 Å². The number of thioether (sulfide) groups is 1. The largest absolute Gasteiger partial charge is 0.286 e. The van der Waals surface area contributed by atoms with Crippen LogP contribution < -0.4 is 5.32 Å². The first-order valence-corrected chi connectivity index (χ1v) is 5.60. The van der Waals surface area contributed by atoms with Crippen LogP contribution in [0.4, 0.5) is 4.79 Å². The summed E-state index contributed by atoms with van der Waals surface area (Å²) in [6.07, 6.45) is 0.645. The van der Waals surface area contributed by atoms with Crippen LogP contribution in [0.5, 0.6) is 0 Å². The minimum Gasteiger partial charge on any atom is -0.286 e. The van der Waals surface area contributed by atoms with E-state index >= 15 is 0 Å². The molecule has 1 aromatic heterocycles. The Morgan fingerprint density at radius 3 is 2.85 bits per heavy atom. The molecule has 2 amide bonds. The lowest BCUT2D eigenvalue weighted by Crippen LogP contribution is -2.25. The van der Waals surface area contributed by atoms with Crippen LogP contribution in [0.2, 0.25) is 0 Å². The molecule has 1 aromatic rings. The zero-order valence-corrected chi connectivity index (χ0v) is 8.28. The summed E-state index contributed by atoms with van der Waals surface area (Å²) in [5, 5.41) is 5.77. The Labute approximate surface area is 83.5 Å². The molecule has 0 bridgehead atoms. The number of hydrogen-bond acceptors (Lipinski definition) is 4. The molecule has 0 radical (unpaired) electrons. The fourth-order valence-electron chi connectivity index (χ4n) is 1.15. The summed E-state index contributed by atoms with van der Waals surface area (Å²) in [5.41, 5.74) is 1.12. The molecule has 0 aromatic carbocycles. The van der Waals surface area contributed by atoms with Crippen LogP contribution in [-0.2, 0) is 11.2 Å². The van der Waals surface area contributed by atoms with E-state index < -0.39 is 0 Å². The molecule has 1 N–H and O–H groups in total. The van der Waals surface area contributed by atoms with Crippen LogP contribution in [-0.4, -0.2) is 16.4 Å². The highest BCUT2D eigenvalue weighted by molar-refractivity contribution is 8.15. The standard InChI is InChI=1S/C8H7NO2S2/c10-7-6(13-8(11)9-7)3-5-1-2-12-4-5/h1-2,4,6H,3H2,(H,9,10,11). The second-order valence-electron chi connectivity index (χ2n) is 2.72. The van der Waals surface area contributed by atoms with Crippen molar-refractivity contribution in [2.75, 3.05) is 0 Å². The third kappa shape index (κ3) is 1.92. The Balaban J connectivity index is 2.03. The van der Waals surface area contributed by atoms with E-state index in [1.807, 2.05) is 16.8 Å². The Hall–Kier alpha value is -0.810. The number of carbonyl (C=O) groups is 2. The second-order valence-corrected chi connectivity index (χ2v) is 4.67. The van der Waals surface area contributed by atoms with Gasteiger partial charge in [0.2, 0.25) is 5.91 Å². The highest BCUT2D eigenvalue weighted by Gasteiger charge is 2.31. The molecule has 0 aliphatic carbocycles. The maximum Gasteiger partial charge on any atom is 0.286 e. The Kier molecular flexibility index (Phi) is 2.37. The number of hydrogen-bond donors (Lipinski definition) is 1. The van der Waals surface area contributed by atoms with Crippen molar-refractivity contribution < 1.29 is 9.59 Å². The fraction of sp³-hybridized carbons (Fsp3) is 0.250. The highest BCUT2D eigenvalue weighted by atomic mass is 32.2. The Bertz CT molecular complexity index is 334. The van der Waals surface area contributed by atoms with Gasteiger partial charge in [0, 0.05) is 0 Å². The molecule has 3 nitrogen and oxygen atoms in total. The molecule has 1 unspecified atom stereocenters. The van der Waals surface area contributed by atoms with Crippen LogP contribution in [0.15, 0.2) is 16.8 Å². The predicted octanol–water partition coefficient (Wildman–Crippen LogP) is 1.64. The van der Waals surface area contributed by atoms with Gasteiger partial charge in [0.05, 0.1) is 5.25 Å². The molecule has 1 fully saturated rings. The molecule has 1 saturated heterocycles. The summed E-state index contributed by atoms with van der Waals surface area (Å²) in [6.45, 7) is 0.